The van der Waals surface area contributed by atoms with Crippen molar-refractivity contribution in [1.82, 2.24) is 19.9 Å². The number of anilines is 1. The summed E-state index contributed by atoms with van der Waals surface area (Å²) in [5.74, 6) is 1.70. The van der Waals surface area contributed by atoms with E-state index in [0.717, 1.165) is 22.9 Å². The second-order valence-electron chi connectivity index (χ2n) is 16.5. The summed E-state index contributed by atoms with van der Waals surface area (Å²) in [5.41, 5.74) is 11.7. The van der Waals surface area contributed by atoms with Gasteiger partial charge in [0.05, 0.1) is 5.70 Å². The normalized spacial score (nSPS) is 16.5. The SMILES string of the molecule is CC1(C)c2ccccc2C(C)(C)c2cc3c(-c4ccc5ccccc5c4)c4ccccc4c(C4=C(c5ncncn5)N(c5ccccc5)C5=CC=CCN54)c3cc21. The number of aromatic nitrogens is 3. The number of rotatable bonds is 4. The Labute approximate surface area is 333 Å². The van der Waals surface area contributed by atoms with Crippen molar-refractivity contribution in [2.75, 3.05) is 11.4 Å². The molecule has 3 heterocycles. The van der Waals surface area contributed by atoms with E-state index < -0.39 is 0 Å². The Kier molecular flexibility index (Phi) is 7.24. The monoisotopic (exact) mass is 735 g/mol. The Bertz CT molecular complexity index is 3050. The Morgan fingerprint density at radius 1 is 0.526 bits per heavy atom. The van der Waals surface area contributed by atoms with Crippen LogP contribution >= 0.6 is 0 Å². The lowest BCUT2D eigenvalue weighted by Gasteiger charge is -2.44. The summed E-state index contributed by atoms with van der Waals surface area (Å²) < 4.78 is 0. The van der Waals surface area contributed by atoms with E-state index in [2.05, 4.69) is 194 Å². The summed E-state index contributed by atoms with van der Waals surface area (Å²) in [6.07, 6.45) is 9.83. The first-order valence-electron chi connectivity index (χ1n) is 19.8. The fourth-order valence-corrected chi connectivity index (χ4v) is 9.94. The summed E-state index contributed by atoms with van der Waals surface area (Å²) in [4.78, 5) is 18.8. The molecule has 0 radical (unpaired) electrons. The maximum Gasteiger partial charge on any atom is 0.181 e. The highest BCUT2D eigenvalue weighted by molar-refractivity contribution is 6.22. The van der Waals surface area contributed by atoms with Crippen molar-refractivity contribution < 1.29 is 0 Å². The number of fused-ring (bicyclic) bond motifs is 6. The summed E-state index contributed by atoms with van der Waals surface area (Å²) in [6.45, 7) is 10.3. The molecule has 1 aliphatic carbocycles. The second kappa shape index (κ2) is 12.3. The summed E-state index contributed by atoms with van der Waals surface area (Å²) in [6, 6.07) is 49.4. The van der Waals surface area contributed by atoms with Gasteiger partial charge >= 0.3 is 0 Å². The topological polar surface area (TPSA) is 45.2 Å². The van der Waals surface area contributed by atoms with Gasteiger partial charge in [-0.2, -0.15) is 0 Å². The molecule has 0 fully saturated rings. The van der Waals surface area contributed by atoms with Crippen LogP contribution in [0.15, 0.2) is 170 Å². The molecule has 1 aromatic heterocycles. The van der Waals surface area contributed by atoms with Gasteiger partial charge in [-0.3, -0.25) is 4.90 Å². The van der Waals surface area contributed by atoms with E-state index in [1.165, 1.54) is 71.3 Å². The number of hydrogen-bond acceptors (Lipinski definition) is 5. The molecule has 2 aliphatic heterocycles. The third kappa shape index (κ3) is 4.85. The molecule has 0 unspecified atom stereocenters. The van der Waals surface area contributed by atoms with Gasteiger partial charge in [0.15, 0.2) is 5.82 Å². The molecule has 7 aromatic carbocycles. The van der Waals surface area contributed by atoms with E-state index in [-0.39, 0.29) is 10.8 Å². The van der Waals surface area contributed by atoms with Crippen molar-refractivity contribution >= 4 is 49.4 Å². The fourth-order valence-electron chi connectivity index (χ4n) is 9.94. The van der Waals surface area contributed by atoms with Gasteiger partial charge in [0.25, 0.3) is 0 Å². The van der Waals surface area contributed by atoms with Gasteiger partial charge in [0, 0.05) is 28.6 Å². The van der Waals surface area contributed by atoms with Crippen LogP contribution in [0.25, 0.3) is 54.8 Å². The predicted molar refractivity (Wildman–Crippen MR) is 235 cm³/mol. The maximum absolute atomic E-state index is 4.87. The van der Waals surface area contributed by atoms with E-state index in [1.54, 1.807) is 12.7 Å². The van der Waals surface area contributed by atoms with Crippen molar-refractivity contribution in [2.45, 2.75) is 38.5 Å². The van der Waals surface area contributed by atoms with E-state index in [0.29, 0.717) is 12.4 Å². The van der Waals surface area contributed by atoms with Crippen LogP contribution in [0.4, 0.5) is 5.69 Å². The number of para-hydroxylation sites is 1. The highest BCUT2D eigenvalue weighted by Gasteiger charge is 2.44. The van der Waals surface area contributed by atoms with Crippen LogP contribution < -0.4 is 4.90 Å². The summed E-state index contributed by atoms with van der Waals surface area (Å²) in [7, 11) is 0. The highest BCUT2D eigenvalue weighted by atomic mass is 15.4. The van der Waals surface area contributed by atoms with Crippen LogP contribution in [0.5, 0.6) is 0 Å². The standard InChI is InChI=1S/C52H41N5/c1-51(2)41-22-12-13-23-42(41)52(3,4)44-30-40-39(29-43(44)51)46(35-26-25-33-16-8-9-17-34(33)28-35)37-20-10-11-21-38(37)47(40)48-49(50-54-31-53-32-55-50)57(36-18-6-5-7-19-36)45-24-14-15-27-56(45)48/h5-26,28-32H,27H2,1-4H3. The molecule has 274 valence electrons. The lowest BCUT2D eigenvalue weighted by atomic mass is 9.59. The average molecular weight is 736 g/mol. The van der Waals surface area contributed by atoms with Gasteiger partial charge in [0.1, 0.15) is 24.2 Å². The van der Waals surface area contributed by atoms with Crippen LogP contribution in [-0.4, -0.2) is 26.4 Å². The van der Waals surface area contributed by atoms with E-state index in [1.807, 2.05) is 0 Å². The van der Waals surface area contributed by atoms with Crippen molar-refractivity contribution in [3.8, 4) is 11.1 Å². The fraction of sp³-hybridized carbons (Fsp3) is 0.135. The first kappa shape index (κ1) is 33.5. The molecule has 5 nitrogen and oxygen atoms in total. The number of benzene rings is 7. The molecule has 0 bridgehead atoms. The molecule has 5 heteroatoms. The number of hydrogen-bond donors (Lipinski definition) is 0. The molecule has 8 aromatic rings. The highest BCUT2D eigenvalue weighted by Crippen LogP contribution is 2.55. The minimum atomic E-state index is -0.238. The van der Waals surface area contributed by atoms with Crippen LogP contribution in [0.3, 0.4) is 0 Å². The third-order valence-electron chi connectivity index (χ3n) is 12.7. The van der Waals surface area contributed by atoms with Gasteiger partial charge in [-0.05, 0) is 102 Å². The first-order chi connectivity index (χ1) is 27.8. The Balaban J connectivity index is 1.34. The van der Waals surface area contributed by atoms with Crippen molar-refractivity contribution in [2.24, 2.45) is 0 Å². The molecular formula is C52H41N5. The molecule has 0 amide bonds. The van der Waals surface area contributed by atoms with Crippen molar-refractivity contribution in [3.05, 3.63) is 204 Å². The molecule has 0 spiro atoms. The zero-order chi connectivity index (χ0) is 38.5. The third-order valence-corrected chi connectivity index (χ3v) is 12.7. The predicted octanol–water partition coefficient (Wildman–Crippen LogP) is 12.0. The quantitative estimate of drug-likeness (QED) is 0.168. The minimum absolute atomic E-state index is 0.220. The van der Waals surface area contributed by atoms with Crippen molar-refractivity contribution in [1.29, 1.82) is 0 Å². The zero-order valence-corrected chi connectivity index (χ0v) is 32.5. The molecule has 11 rings (SSSR count). The Morgan fingerprint density at radius 3 is 1.82 bits per heavy atom. The van der Waals surface area contributed by atoms with E-state index >= 15 is 0 Å². The van der Waals surface area contributed by atoms with Crippen LogP contribution in [0, 0.1) is 0 Å². The number of nitrogens with zero attached hydrogens (tertiary/aromatic N) is 5. The lowest BCUT2D eigenvalue weighted by Crippen LogP contribution is -2.36. The second-order valence-corrected chi connectivity index (χ2v) is 16.5. The molecule has 0 N–H and O–H groups in total. The van der Waals surface area contributed by atoms with Gasteiger partial charge in [-0.15, -0.1) is 0 Å². The lowest BCUT2D eigenvalue weighted by molar-refractivity contribution is 0.522. The maximum atomic E-state index is 4.87. The Morgan fingerprint density at radius 2 is 1.12 bits per heavy atom. The van der Waals surface area contributed by atoms with Crippen LogP contribution in [-0.2, 0) is 10.8 Å². The molecular weight excluding hydrogens is 695 g/mol. The smallest absolute Gasteiger partial charge is 0.181 e. The average Bonchev–Trinajstić information content (AvgIpc) is 3.60. The molecule has 3 aliphatic rings. The van der Waals surface area contributed by atoms with Gasteiger partial charge in [-0.1, -0.05) is 143 Å². The first-order valence-corrected chi connectivity index (χ1v) is 19.8. The number of allylic oxidation sites excluding steroid dienone is 2. The minimum Gasteiger partial charge on any atom is -0.321 e. The van der Waals surface area contributed by atoms with Gasteiger partial charge in [-0.25, -0.2) is 15.0 Å². The van der Waals surface area contributed by atoms with Gasteiger partial charge < -0.3 is 4.90 Å². The van der Waals surface area contributed by atoms with E-state index in [4.69, 9.17) is 9.97 Å². The largest absolute Gasteiger partial charge is 0.321 e. The van der Waals surface area contributed by atoms with Gasteiger partial charge in [0.2, 0.25) is 0 Å². The summed E-state index contributed by atoms with van der Waals surface area (Å²) in [5, 5.41) is 7.31. The van der Waals surface area contributed by atoms with E-state index in [9.17, 15) is 0 Å². The zero-order valence-electron chi connectivity index (χ0n) is 32.5. The van der Waals surface area contributed by atoms with Crippen molar-refractivity contribution in [3.63, 3.8) is 0 Å². The summed E-state index contributed by atoms with van der Waals surface area (Å²) >= 11 is 0. The van der Waals surface area contributed by atoms with Crippen LogP contribution in [0.1, 0.15) is 61.3 Å². The Hall–Kier alpha value is -6.85. The molecule has 57 heavy (non-hydrogen) atoms. The molecule has 0 saturated heterocycles. The molecule has 0 atom stereocenters. The van der Waals surface area contributed by atoms with Crippen LogP contribution in [0.2, 0.25) is 0 Å². The molecule has 0 saturated carbocycles.